The summed E-state index contributed by atoms with van der Waals surface area (Å²) in [6.45, 7) is 9.56. The quantitative estimate of drug-likeness (QED) is 0.433. The molecule has 35 heavy (non-hydrogen) atoms. The number of aryl methyl sites for hydroxylation is 2. The average Bonchev–Trinajstić information content (AvgIpc) is 3.37. The Kier molecular flexibility index (Phi) is 8.46. The summed E-state index contributed by atoms with van der Waals surface area (Å²) in [6, 6.07) is 17.7. The maximum atomic E-state index is 13.8. The second-order valence-electron chi connectivity index (χ2n) is 9.25. The van der Waals surface area contributed by atoms with Crippen molar-refractivity contribution in [1.82, 2.24) is 10.6 Å². The molecule has 0 spiro atoms. The van der Waals surface area contributed by atoms with E-state index >= 15 is 0 Å². The van der Waals surface area contributed by atoms with Gasteiger partial charge in [-0.2, -0.15) is 0 Å². The number of benzene rings is 2. The van der Waals surface area contributed by atoms with Gasteiger partial charge < -0.3 is 10.6 Å². The van der Waals surface area contributed by atoms with E-state index in [1.54, 1.807) is 12.1 Å². The van der Waals surface area contributed by atoms with E-state index < -0.39 is 11.6 Å². The molecule has 3 aromatic rings. The lowest BCUT2D eigenvalue weighted by Gasteiger charge is -2.35. The van der Waals surface area contributed by atoms with E-state index in [9.17, 15) is 14.4 Å². The van der Waals surface area contributed by atoms with Crippen molar-refractivity contribution < 1.29 is 14.4 Å². The number of nitrogens with zero attached hydrogens (tertiary/aromatic N) is 1. The van der Waals surface area contributed by atoms with Crippen molar-refractivity contribution in [2.75, 3.05) is 11.4 Å². The van der Waals surface area contributed by atoms with Gasteiger partial charge in [0.15, 0.2) is 0 Å². The van der Waals surface area contributed by atoms with Crippen LogP contribution in [-0.2, 0) is 9.59 Å². The maximum absolute atomic E-state index is 13.8. The molecule has 0 saturated carbocycles. The van der Waals surface area contributed by atoms with Crippen LogP contribution in [0.3, 0.4) is 0 Å². The predicted molar refractivity (Wildman–Crippen MR) is 142 cm³/mol. The first-order valence-electron chi connectivity index (χ1n) is 11.7. The molecule has 2 N–H and O–H groups in total. The SMILES string of the molecule is CCC(C)(C)NC(=O)[C@@H](c1ccc(C)cc1)N(C(=O)CNC(=O)c1cccs1)c1ccccc1C. The molecule has 2 aromatic carbocycles. The van der Waals surface area contributed by atoms with E-state index in [-0.39, 0.29) is 24.3 Å². The van der Waals surface area contributed by atoms with Crippen LogP contribution in [0.4, 0.5) is 5.69 Å². The third kappa shape index (κ3) is 6.57. The Morgan fingerprint density at radius 2 is 1.66 bits per heavy atom. The standard InChI is InChI=1S/C28H33N3O3S/c1-6-28(4,5)30-27(34)25(21-15-13-19(2)14-16-21)31(22-11-8-7-10-20(22)3)24(32)18-29-26(33)23-12-9-17-35-23/h7-17,25H,6,18H2,1-5H3,(H,29,33)(H,30,34)/t25-/m1/s1. The molecule has 0 radical (unpaired) electrons. The molecule has 184 valence electrons. The molecule has 1 aromatic heterocycles. The summed E-state index contributed by atoms with van der Waals surface area (Å²) in [6.07, 6.45) is 0.731. The number of para-hydroxylation sites is 1. The molecule has 6 nitrogen and oxygen atoms in total. The van der Waals surface area contributed by atoms with E-state index in [0.29, 0.717) is 16.1 Å². The molecule has 7 heteroatoms. The topological polar surface area (TPSA) is 78.5 Å². The zero-order chi connectivity index (χ0) is 25.6. The summed E-state index contributed by atoms with van der Waals surface area (Å²) in [4.78, 5) is 42.1. The van der Waals surface area contributed by atoms with Crippen molar-refractivity contribution >= 4 is 34.7 Å². The highest BCUT2D eigenvalue weighted by Gasteiger charge is 2.35. The molecular weight excluding hydrogens is 458 g/mol. The Morgan fingerprint density at radius 3 is 2.26 bits per heavy atom. The monoisotopic (exact) mass is 491 g/mol. The van der Waals surface area contributed by atoms with E-state index in [1.807, 2.05) is 88.5 Å². The van der Waals surface area contributed by atoms with Crippen molar-refractivity contribution in [1.29, 1.82) is 0 Å². The van der Waals surface area contributed by atoms with Crippen molar-refractivity contribution in [2.45, 2.75) is 52.6 Å². The number of carbonyl (C=O) groups is 3. The number of thiophene rings is 1. The fraction of sp³-hybridized carbons (Fsp3) is 0.321. The number of amides is 3. The Bertz CT molecular complexity index is 1170. The van der Waals surface area contributed by atoms with Gasteiger partial charge in [-0.05, 0) is 62.8 Å². The van der Waals surface area contributed by atoms with E-state index in [0.717, 1.165) is 17.5 Å². The highest BCUT2D eigenvalue weighted by molar-refractivity contribution is 7.12. The molecule has 0 aliphatic heterocycles. The largest absolute Gasteiger partial charge is 0.349 e. The molecule has 0 fully saturated rings. The van der Waals surface area contributed by atoms with Crippen LogP contribution >= 0.6 is 11.3 Å². The Balaban J connectivity index is 2.04. The highest BCUT2D eigenvalue weighted by atomic mass is 32.1. The smallest absolute Gasteiger partial charge is 0.261 e. The van der Waals surface area contributed by atoms with Crippen LogP contribution in [0.2, 0.25) is 0 Å². The van der Waals surface area contributed by atoms with Crippen LogP contribution in [-0.4, -0.2) is 29.8 Å². The van der Waals surface area contributed by atoms with Gasteiger partial charge in [0, 0.05) is 11.2 Å². The summed E-state index contributed by atoms with van der Waals surface area (Å²) in [5.41, 5.74) is 2.77. The van der Waals surface area contributed by atoms with Crippen LogP contribution in [0.25, 0.3) is 0 Å². The Morgan fingerprint density at radius 1 is 0.971 bits per heavy atom. The van der Waals surface area contributed by atoms with Gasteiger partial charge in [-0.3, -0.25) is 19.3 Å². The molecule has 0 aliphatic carbocycles. The summed E-state index contributed by atoms with van der Waals surface area (Å²) < 4.78 is 0. The normalized spacial score (nSPS) is 12.0. The van der Waals surface area contributed by atoms with Gasteiger partial charge >= 0.3 is 0 Å². The minimum atomic E-state index is -0.909. The summed E-state index contributed by atoms with van der Waals surface area (Å²) >= 11 is 1.31. The molecule has 1 heterocycles. The van der Waals surface area contributed by atoms with Crippen molar-refractivity contribution in [3.63, 3.8) is 0 Å². The fourth-order valence-corrected chi connectivity index (χ4v) is 4.28. The van der Waals surface area contributed by atoms with E-state index in [2.05, 4.69) is 10.6 Å². The highest BCUT2D eigenvalue weighted by Crippen LogP contribution is 2.31. The van der Waals surface area contributed by atoms with Crippen LogP contribution in [0.5, 0.6) is 0 Å². The maximum Gasteiger partial charge on any atom is 0.261 e. The van der Waals surface area contributed by atoms with E-state index in [1.165, 1.54) is 16.2 Å². The number of hydrogen-bond donors (Lipinski definition) is 2. The average molecular weight is 492 g/mol. The Hall–Kier alpha value is -3.45. The molecule has 1 atom stereocenters. The third-order valence-electron chi connectivity index (χ3n) is 6.03. The zero-order valence-corrected chi connectivity index (χ0v) is 21.7. The van der Waals surface area contributed by atoms with Gasteiger partial charge in [-0.15, -0.1) is 11.3 Å². The van der Waals surface area contributed by atoms with Crippen LogP contribution in [0, 0.1) is 13.8 Å². The zero-order valence-electron chi connectivity index (χ0n) is 20.9. The lowest BCUT2D eigenvalue weighted by Crippen LogP contribution is -2.52. The molecular formula is C28H33N3O3S. The second kappa shape index (κ2) is 11.3. The molecule has 0 saturated heterocycles. The molecule has 0 bridgehead atoms. The fourth-order valence-electron chi connectivity index (χ4n) is 3.64. The second-order valence-corrected chi connectivity index (χ2v) is 10.2. The summed E-state index contributed by atoms with van der Waals surface area (Å²) in [5.74, 6) is -0.970. The van der Waals surface area contributed by atoms with Gasteiger partial charge in [-0.1, -0.05) is 61.0 Å². The van der Waals surface area contributed by atoms with Crippen molar-refractivity contribution in [2.24, 2.45) is 0 Å². The minimum absolute atomic E-state index is 0.238. The minimum Gasteiger partial charge on any atom is -0.349 e. The van der Waals surface area contributed by atoms with Crippen LogP contribution in [0.1, 0.15) is 59.6 Å². The first kappa shape index (κ1) is 26.2. The van der Waals surface area contributed by atoms with Crippen molar-refractivity contribution in [3.8, 4) is 0 Å². The predicted octanol–water partition coefficient (Wildman–Crippen LogP) is 5.17. The Labute approximate surface area is 211 Å². The van der Waals surface area contributed by atoms with Crippen molar-refractivity contribution in [3.05, 3.63) is 87.6 Å². The molecule has 3 rings (SSSR count). The third-order valence-corrected chi connectivity index (χ3v) is 6.90. The lowest BCUT2D eigenvalue weighted by molar-refractivity contribution is -0.127. The molecule has 0 unspecified atom stereocenters. The number of carbonyl (C=O) groups excluding carboxylic acids is 3. The van der Waals surface area contributed by atoms with E-state index in [4.69, 9.17) is 0 Å². The lowest BCUT2D eigenvalue weighted by atomic mass is 9.97. The first-order chi connectivity index (χ1) is 16.6. The number of hydrogen-bond acceptors (Lipinski definition) is 4. The summed E-state index contributed by atoms with van der Waals surface area (Å²) in [5, 5.41) is 7.64. The summed E-state index contributed by atoms with van der Waals surface area (Å²) in [7, 11) is 0. The van der Waals surface area contributed by atoms with Gasteiger partial charge in [0.05, 0.1) is 11.4 Å². The first-order valence-corrected chi connectivity index (χ1v) is 12.6. The number of rotatable bonds is 9. The van der Waals surface area contributed by atoms with Gasteiger partial charge in [0.1, 0.15) is 6.04 Å². The number of nitrogens with one attached hydrogen (secondary N) is 2. The van der Waals surface area contributed by atoms with Gasteiger partial charge in [0.25, 0.3) is 5.91 Å². The van der Waals surface area contributed by atoms with Gasteiger partial charge in [-0.25, -0.2) is 0 Å². The van der Waals surface area contributed by atoms with Crippen LogP contribution < -0.4 is 15.5 Å². The number of anilines is 1. The van der Waals surface area contributed by atoms with Crippen LogP contribution in [0.15, 0.2) is 66.0 Å². The van der Waals surface area contributed by atoms with Gasteiger partial charge in [0.2, 0.25) is 11.8 Å². The molecule has 3 amide bonds. The molecule has 0 aliphatic rings.